The highest BCUT2D eigenvalue weighted by Gasteiger charge is 2.09. The molecule has 0 aliphatic rings. The van der Waals surface area contributed by atoms with E-state index >= 15 is 0 Å². The highest BCUT2D eigenvalue weighted by atomic mass is 16.6. The number of aromatic nitrogens is 1. The number of non-ortho nitro benzene ring substituents is 1. The Morgan fingerprint density at radius 1 is 1.38 bits per heavy atom. The highest BCUT2D eigenvalue weighted by Crippen LogP contribution is 2.27. The van der Waals surface area contributed by atoms with Gasteiger partial charge < -0.3 is 9.72 Å². The van der Waals surface area contributed by atoms with Crippen LogP contribution in [-0.2, 0) is 0 Å². The Balaban J connectivity index is 2.26. The Hall–Kier alpha value is -2.30. The summed E-state index contributed by atoms with van der Waals surface area (Å²) in [6.07, 6.45) is 3.46. The van der Waals surface area contributed by atoms with E-state index in [9.17, 15) is 10.1 Å². The highest BCUT2D eigenvalue weighted by molar-refractivity contribution is 5.44. The molecule has 0 fully saturated rings. The van der Waals surface area contributed by atoms with Crippen molar-refractivity contribution in [1.82, 2.24) is 4.98 Å². The molecule has 0 spiro atoms. The summed E-state index contributed by atoms with van der Waals surface area (Å²) in [5, 5.41) is 10.5. The lowest BCUT2D eigenvalue weighted by Crippen LogP contribution is -1.91. The second kappa shape index (κ2) is 4.06. The molecule has 5 heteroatoms. The first-order chi connectivity index (χ1) is 7.66. The van der Waals surface area contributed by atoms with Crippen LogP contribution in [0.4, 0.5) is 5.69 Å². The summed E-state index contributed by atoms with van der Waals surface area (Å²) in [5.74, 6) is 1.29. The second-order valence-corrected chi connectivity index (χ2v) is 3.36. The fraction of sp³-hybridized carbons (Fsp3) is 0.0909. The van der Waals surface area contributed by atoms with Gasteiger partial charge in [0, 0.05) is 24.5 Å². The Labute approximate surface area is 91.8 Å². The largest absolute Gasteiger partial charge is 0.456 e. The molecule has 0 bridgehead atoms. The van der Waals surface area contributed by atoms with Gasteiger partial charge in [-0.3, -0.25) is 10.1 Å². The zero-order chi connectivity index (χ0) is 11.5. The van der Waals surface area contributed by atoms with Gasteiger partial charge in [-0.25, -0.2) is 0 Å². The van der Waals surface area contributed by atoms with E-state index in [1.54, 1.807) is 31.5 Å². The smallest absolute Gasteiger partial charge is 0.269 e. The normalized spacial score (nSPS) is 10.1. The molecule has 0 aliphatic heterocycles. The van der Waals surface area contributed by atoms with Crippen molar-refractivity contribution in [2.24, 2.45) is 0 Å². The first-order valence-electron chi connectivity index (χ1n) is 4.72. The van der Waals surface area contributed by atoms with Gasteiger partial charge in [0.05, 0.1) is 4.92 Å². The standard InChI is InChI=1S/C11H10N2O3/c1-8-6-9(13(14)15)2-3-11(8)16-10-4-5-12-7-10/h2-7,12H,1H3. The van der Waals surface area contributed by atoms with Crippen molar-refractivity contribution in [2.75, 3.05) is 0 Å². The molecule has 2 aromatic rings. The van der Waals surface area contributed by atoms with Crippen LogP contribution in [0.5, 0.6) is 11.5 Å². The molecule has 82 valence electrons. The van der Waals surface area contributed by atoms with Crippen LogP contribution >= 0.6 is 0 Å². The zero-order valence-corrected chi connectivity index (χ0v) is 8.64. The number of nitro benzene ring substituents is 1. The lowest BCUT2D eigenvalue weighted by atomic mass is 10.2. The third-order valence-electron chi connectivity index (χ3n) is 2.17. The van der Waals surface area contributed by atoms with Gasteiger partial charge >= 0.3 is 0 Å². The molecular formula is C11H10N2O3. The fourth-order valence-corrected chi connectivity index (χ4v) is 1.36. The molecule has 0 atom stereocenters. The van der Waals surface area contributed by atoms with Gasteiger partial charge in [0.2, 0.25) is 0 Å². The van der Waals surface area contributed by atoms with E-state index in [4.69, 9.17) is 4.74 Å². The third kappa shape index (κ3) is 2.03. The summed E-state index contributed by atoms with van der Waals surface area (Å²) in [5.41, 5.74) is 0.800. The van der Waals surface area contributed by atoms with Crippen LogP contribution in [0, 0.1) is 17.0 Å². The van der Waals surface area contributed by atoms with Crippen LogP contribution in [0.2, 0.25) is 0 Å². The summed E-state index contributed by atoms with van der Waals surface area (Å²) in [4.78, 5) is 13.0. The molecule has 1 aromatic heterocycles. The molecule has 0 aliphatic carbocycles. The average molecular weight is 218 g/mol. The van der Waals surface area contributed by atoms with Crippen molar-refractivity contribution in [3.05, 3.63) is 52.3 Å². The molecular weight excluding hydrogens is 208 g/mol. The van der Waals surface area contributed by atoms with Gasteiger partial charge in [0.25, 0.3) is 5.69 Å². The summed E-state index contributed by atoms with van der Waals surface area (Å²) >= 11 is 0. The monoisotopic (exact) mass is 218 g/mol. The van der Waals surface area contributed by atoms with E-state index in [1.165, 1.54) is 12.1 Å². The van der Waals surface area contributed by atoms with E-state index in [-0.39, 0.29) is 5.69 Å². The first-order valence-corrected chi connectivity index (χ1v) is 4.72. The van der Waals surface area contributed by atoms with Crippen LogP contribution < -0.4 is 4.74 Å². The van der Waals surface area contributed by atoms with Crippen LogP contribution in [-0.4, -0.2) is 9.91 Å². The number of rotatable bonds is 3. The van der Waals surface area contributed by atoms with E-state index < -0.39 is 4.92 Å². The Morgan fingerprint density at radius 2 is 2.19 bits per heavy atom. The Morgan fingerprint density at radius 3 is 2.75 bits per heavy atom. The second-order valence-electron chi connectivity index (χ2n) is 3.36. The number of aryl methyl sites for hydroxylation is 1. The van der Waals surface area contributed by atoms with Gasteiger partial charge in [-0.15, -0.1) is 0 Å². The van der Waals surface area contributed by atoms with Crippen molar-refractivity contribution in [3.8, 4) is 11.5 Å². The number of ether oxygens (including phenoxy) is 1. The first kappa shape index (κ1) is 10.2. The number of nitro groups is 1. The molecule has 0 unspecified atom stereocenters. The number of aromatic amines is 1. The maximum atomic E-state index is 10.5. The zero-order valence-electron chi connectivity index (χ0n) is 8.64. The fourth-order valence-electron chi connectivity index (χ4n) is 1.36. The van der Waals surface area contributed by atoms with Crippen molar-refractivity contribution in [3.63, 3.8) is 0 Å². The van der Waals surface area contributed by atoms with Gasteiger partial charge in [-0.2, -0.15) is 0 Å². The SMILES string of the molecule is Cc1cc([N+](=O)[O-])ccc1Oc1cc[nH]c1. The number of H-pyrrole nitrogens is 1. The van der Waals surface area contributed by atoms with Crippen molar-refractivity contribution in [2.45, 2.75) is 6.92 Å². The topological polar surface area (TPSA) is 68.2 Å². The Kier molecular flexibility index (Phi) is 2.59. The van der Waals surface area contributed by atoms with Crippen molar-refractivity contribution < 1.29 is 9.66 Å². The summed E-state index contributed by atoms with van der Waals surface area (Å²) in [6, 6.07) is 6.29. The van der Waals surface area contributed by atoms with Gasteiger partial charge in [0.15, 0.2) is 0 Å². The molecule has 16 heavy (non-hydrogen) atoms. The molecule has 2 rings (SSSR count). The molecule has 0 radical (unpaired) electrons. The summed E-state index contributed by atoms with van der Waals surface area (Å²) in [7, 11) is 0. The average Bonchev–Trinajstić information content (AvgIpc) is 2.73. The number of hydrogen-bond donors (Lipinski definition) is 1. The predicted octanol–water partition coefficient (Wildman–Crippen LogP) is 3.02. The van der Waals surface area contributed by atoms with Crippen LogP contribution in [0.25, 0.3) is 0 Å². The van der Waals surface area contributed by atoms with Crippen LogP contribution in [0.15, 0.2) is 36.7 Å². The van der Waals surface area contributed by atoms with E-state index in [2.05, 4.69) is 4.98 Å². The van der Waals surface area contributed by atoms with Crippen molar-refractivity contribution in [1.29, 1.82) is 0 Å². The third-order valence-corrected chi connectivity index (χ3v) is 2.17. The van der Waals surface area contributed by atoms with Crippen molar-refractivity contribution >= 4 is 5.69 Å². The number of benzene rings is 1. The lowest BCUT2D eigenvalue weighted by molar-refractivity contribution is -0.384. The van der Waals surface area contributed by atoms with Gasteiger partial charge in [-0.1, -0.05) is 0 Å². The minimum absolute atomic E-state index is 0.0684. The van der Waals surface area contributed by atoms with E-state index in [0.717, 1.165) is 5.56 Å². The number of hydrogen-bond acceptors (Lipinski definition) is 3. The van der Waals surface area contributed by atoms with E-state index in [1.807, 2.05) is 0 Å². The minimum atomic E-state index is -0.424. The molecule has 0 amide bonds. The molecule has 0 saturated carbocycles. The lowest BCUT2D eigenvalue weighted by Gasteiger charge is -2.05. The quantitative estimate of drug-likeness (QED) is 0.635. The predicted molar refractivity (Wildman–Crippen MR) is 58.7 cm³/mol. The van der Waals surface area contributed by atoms with Gasteiger partial charge in [0.1, 0.15) is 11.5 Å². The number of nitrogens with zero attached hydrogens (tertiary/aromatic N) is 1. The summed E-state index contributed by atoms with van der Waals surface area (Å²) in [6.45, 7) is 1.77. The van der Waals surface area contributed by atoms with Crippen LogP contribution in [0.3, 0.4) is 0 Å². The molecule has 0 saturated heterocycles. The molecule has 1 heterocycles. The maximum absolute atomic E-state index is 10.5. The molecule has 1 N–H and O–H groups in total. The van der Waals surface area contributed by atoms with Crippen LogP contribution in [0.1, 0.15) is 5.56 Å². The molecule has 5 nitrogen and oxygen atoms in total. The van der Waals surface area contributed by atoms with Gasteiger partial charge in [-0.05, 0) is 24.6 Å². The minimum Gasteiger partial charge on any atom is -0.456 e. The Bertz CT molecular complexity index is 506. The molecule has 1 aromatic carbocycles. The summed E-state index contributed by atoms with van der Waals surface area (Å²) < 4.78 is 5.53. The maximum Gasteiger partial charge on any atom is 0.269 e. The number of nitrogens with one attached hydrogen (secondary N) is 1. The van der Waals surface area contributed by atoms with E-state index in [0.29, 0.717) is 11.5 Å².